The summed E-state index contributed by atoms with van der Waals surface area (Å²) in [5.41, 5.74) is 0. The Bertz CT molecular complexity index is 46.8. The highest BCUT2D eigenvalue weighted by atomic mass is 15.1. The molecule has 0 aliphatic carbocycles. The molecule has 0 radical (unpaired) electrons. The summed E-state index contributed by atoms with van der Waals surface area (Å²) in [6.07, 6.45) is 2.57. The number of hydrogen-bond donors (Lipinski definition) is 0. The summed E-state index contributed by atoms with van der Waals surface area (Å²) < 4.78 is 0. The maximum atomic E-state index is 2.49. The fraction of sp³-hybridized carbons (Fsp3) is 1.00. The molecule has 0 spiro atoms. The van der Waals surface area contributed by atoms with Crippen LogP contribution < -0.4 is 0 Å². The van der Waals surface area contributed by atoms with E-state index < -0.39 is 0 Å². The second-order valence-electron chi connectivity index (χ2n) is 2.43. The number of rotatable bonds is 5. The van der Waals surface area contributed by atoms with Crippen LogP contribution in [0.1, 0.15) is 47.5 Å². The van der Waals surface area contributed by atoms with E-state index in [9.17, 15) is 0 Å². The van der Waals surface area contributed by atoms with Crippen molar-refractivity contribution in [2.75, 3.05) is 19.6 Å². The van der Waals surface area contributed by atoms with Gasteiger partial charge in [0.2, 0.25) is 0 Å². The maximum absolute atomic E-state index is 2.49. The van der Waals surface area contributed by atoms with Gasteiger partial charge in [-0.2, -0.15) is 0 Å². The van der Waals surface area contributed by atoms with Gasteiger partial charge in [0, 0.05) is 0 Å². The van der Waals surface area contributed by atoms with Crippen LogP contribution in [-0.4, -0.2) is 24.5 Å². The van der Waals surface area contributed by atoms with Gasteiger partial charge >= 0.3 is 0 Å². The Morgan fingerprint density at radius 2 is 1.18 bits per heavy atom. The smallest absolute Gasteiger partial charge is 0.00215 e. The van der Waals surface area contributed by atoms with Gasteiger partial charge in [0.05, 0.1) is 0 Å². The van der Waals surface area contributed by atoms with Gasteiger partial charge in [-0.15, -0.1) is 0 Å². The molecule has 0 aromatic carbocycles. The van der Waals surface area contributed by atoms with Gasteiger partial charge in [0.15, 0.2) is 0 Å². The molecule has 0 fully saturated rings. The quantitative estimate of drug-likeness (QED) is 0.595. The van der Waals surface area contributed by atoms with Crippen molar-refractivity contribution in [3.05, 3.63) is 0 Å². The summed E-state index contributed by atoms with van der Waals surface area (Å²) in [4.78, 5) is 2.49. The van der Waals surface area contributed by atoms with E-state index in [0.29, 0.717) is 0 Å². The molecular formula is C10H25N. The Hall–Kier alpha value is -0.0400. The molecule has 0 rings (SSSR count). The van der Waals surface area contributed by atoms with Crippen LogP contribution >= 0.6 is 0 Å². The molecule has 0 amide bonds. The number of nitrogens with zero attached hydrogens (tertiary/aromatic N) is 1. The normalized spacial score (nSPS) is 9.27. The molecule has 70 valence electrons. The Morgan fingerprint density at radius 1 is 0.818 bits per heavy atom. The van der Waals surface area contributed by atoms with E-state index in [1.165, 1.54) is 32.5 Å². The van der Waals surface area contributed by atoms with Gasteiger partial charge in [0.25, 0.3) is 0 Å². The summed E-state index contributed by atoms with van der Waals surface area (Å²) in [5.74, 6) is 0. The largest absolute Gasteiger partial charge is 0.304 e. The topological polar surface area (TPSA) is 3.24 Å². The van der Waals surface area contributed by atoms with E-state index in [0.717, 1.165) is 0 Å². The Balaban J connectivity index is 0. The fourth-order valence-electron chi connectivity index (χ4n) is 1.06. The van der Waals surface area contributed by atoms with E-state index >= 15 is 0 Å². The molecule has 0 aliphatic heterocycles. The fourth-order valence-corrected chi connectivity index (χ4v) is 1.06. The number of hydrogen-bond acceptors (Lipinski definition) is 1. The van der Waals surface area contributed by atoms with Crippen LogP contribution in [-0.2, 0) is 0 Å². The zero-order valence-corrected chi connectivity index (χ0v) is 8.98. The standard InChI is InChI=1S/C8H19N.C2H6/c1-4-7-9(6-3)8-5-2;1-2/h4-8H2,1-3H3;1-2H3. The highest BCUT2D eigenvalue weighted by molar-refractivity contribution is 4.50. The molecule has 0 saturated heterocycles. The predicted molar refractivity (Wildman–Crippen MR) is 54.0 cm³/mol. The highest BCUT2D eigenvalue weighted by Gasteiger charge is 1.95. The third-order valence-electron chi connectivity index (χ3n) is 1.53. The van der Waals surface area contributed by atoms with Crippen LogP contribution in [0.5, 0.6) is 0 Å². The van der Waals surface area contributed by atoms with Gasteiger partial charge < -0.3 is 4.90 Å². The van der Waals surface area contributed by atoms with Crippen molar-refractivity contribution < 1.29 is 0 Å². The van der Waals surface area contributed by atoms with Crippen molar-refractivity contribution in [2.45, 2.75) is 47.5 Å². The third kappa shape index (κ3) is 9.96. The van der Waals surface area contributed by atoms with E-state index in [-0.39, 0.29) is 0 Å². The van der Waals surface area contributed by atoms with E-state index in [2.05, 4.69) is 25.7 Å². The molecule has 0 aliphatic rings. The summed E-state index contributed by atoms with van der Waals surface area (Å²) >= 11 is 0. The average Bonchev–Trinajstić information content (AvgIpc) is 2.08. The van der Waals surface area contributed by atoms with Gasteiger partial charge in [-0.3, -0.25) is 0 Å². The average molecular weight is 159 g/mol. The highest BCUT2D eigenvalue weighted by Crippen LogP contribution is 1.91. The lowest BCUT2D eigenvalue weighted by Gasteiger charge is -2.17. The first-order chi connectivity index (χ1) is 5.35. The van der Waals surface area contributed by atoms with Crippen LogP contribution in [0.25, 0.3) is 0 Å². The van der Waals surface area contributed by atoms with Crippen LogP contribution in [0.2, 0.25) is 0 Å². The predicted octanol–water partition coefficient (Wildman–Crippen LogP) is 3.15. The SMILES string of the molecule is CC.CCCN(CC)CCC. The van der Waals surface area contributed by atoms with Crippen LogP contribution in [0.4, 0.5) is 0 Å². The molecule has 11 heavy (non-hydrogen) atoms. The van der Waals surface area contributed by atoms with E-state index in [1.807, 2.05) is 13.8 Å². The monoisotopic (exact) mass is 159 g/mol. The third-order valence-corrected chi connectivity index (χ3v) is 1.53. The van der Waals surface area contributed by atoms with Crippen molar-refractivity contribution >= 4 is 0 Å². The Labute approximate surface area is 72.8 Å². The minimum Gasteiger partial charge on any atom is -0.304 e. The zero-order chi connectivity index (χ0) is 9.11. The summed E-state index contributed by atoms with van der Waals surface area (Å²) in [6, 6.07) is 0. The van der Waals surface area contributed by atoms with Gasteiger partial charge in [-0.05, 0) is 32.5 Å². The molecular weight excluding hydrogens is 134 g/mol. The van der Waals surface area contributed by atoms with Crippen LogP contribution in [0, 0.1) is 0 Å². The van der Waals surface area contributed by atoms with Gasteiger partial charge in [-0.25, -0.2) is 0 Å². The van der Waals surface area contributed by atoms with E-state index in [4.69, 9.17) is 0 Å². The molecule has 0 atom stereocenters. The first kappa shape index (κ1) is 13.5. The Morgan fingerprint density at radius 3 is 1.36 bits per heavy atom. The first-order valence-corrected chi connectivity index (χ1v) is 5.07. The zero-order valence-electron chi connectivity index (χ0n) is 8.98. The molecule has 0 N–H and O–H groups in total. The minimum atomic E-state index is 1.21. The minimum absolute atomic E-state index is 1.21. The summed E-state index contributed by atoms with van der Waals surface area (Å²) in [7, 11) is 0. The van der Waals surface area contributed by atoms with Crippen LogP contribution in [0.15, 0.2) is 0 Å². The summed E-state index contributed by atoms with van der Waals surface area (Å²) in [6.45, 7) is 14.4. The lowest BCUT2D eigenvalue weighted by atomic mass is 10.3. The lowest BCUT2D eigenvalue weighted by Crippen LogP contribution is -2.24. The van der Waals surface area contributed by atoms with Crippen molar-refractivity contribution in [1.29, 1.82) is 0 Å². The van der Waals surface area contributed by atoms with Crippen molar-refractivity contribution in [3.63, 3.8) is 0 Å². The molecule has 0 aromatic rings. The second-order valence-corrected chi connectivity index (χ2v) is 2.43. The lowest BCUT2D eigenvalue weighted by molar-refractivity contribution is 0.289. The molecule has 1 nitrogen and oxygen atoms in total. The van der Waals surface area contributed by atoms with Crippen molar-refractivity contribution in [1.82, 2.24) is 4.90 Å². The molecule has 0 bridgehead atoms. The van der Waals surface area contributed by atoms with Crippen LogP contribution in [0.3, 0.4) is 0 Å². The van der Waals surface area contributed by atoms with Crippen molar-refractivity contribution in [3.8, 4) is 0 Å². The van der Waals surface area contributed by atoms with Gasteiger partial charge in [0.1, 0.15) is 0 Å². The maximum Gasteiger partial charge on any atom is -0.00215 e. The molecule has 0 saturated carbocycles. The second kappa shape index (κ2) is 12.6. The van der Waals surface area contributed by atoms with E-state index in [1.54, 1.807) is 0 Å². The summed E-state index contributed by atoms with van der Waals surface area (Å²) in [5, 5.41) is 0. The molecule has 0 heterocycles. The first-order valence-electron chi connectivity index (χ1n) is 5.07. The molecule has 1 heteroatoms. The van der Waals surface area contributed by atoms with Gasteiger partial charge in [-0.1, -0.05) is 34.6 Å². The molecule has 0 unspecified atom stereocenters. The molecule has 0 aromatic heterocycles. The van der Waals surface area contributed by atoms with Crippen molar-refractivity contribution in [2.24, 2.45) is 0 Å². The Kier molecular flexibility index (Phi) is 15.5.